The minimum atomic E-state index is -3.43. The van der Waals surface area contributed by atoms with E-state index < -0.39 is 10.0 Å². The van der Waals surface area contributed by atoms with Gasteiger partial charge in [-0.15, -0.1) is 12.4 Å². The molecule has 1 unspecified atom stereocenters. The van der Waals surface area contributed by atoms with Crippen molar-refractivity contribution in [3.8, 4) is 0 Å². The number of anilines is 1. The van der Waals surface area contributed by atoms with Crippen LogP contribution >= 0.6 is 12.4 Å². The van der Waals surface area contributed by atoms with Crippen molar-refractivity contribution in [2.45, 2.75) is 32.2 Å². The third-order valence-electron chi connectivity index (χ3n) is 3.64. The maximum Gasteiger partial charge on any atom is 0.256 e. The number of nitrogens with two attached hydrogens (primary N) is 1. The Morgan fingerprint density at radius 1 is 1.39 bits per heavy atom. The molecule has 0 aliphatic carbocycles. The molecule has 1 aromatic carbocycles. The van der Waals surface area contributed by atoms with Gasteiger partial charge in [0.1, 0.15) is 0 Å². The van der Waals surface area contributed by atoms with E-state index in [1.165, 1.54) is 0 Å². The summed E-state index contributed by atoms with van der Waals surface area (Å²) in [5, 5.41) is 0. The van der Waals surface area contributed by atoms with Crippen LogP contribution in [0.15, 0.2) is 24.3 Å². The standard InChI is InChI=1S/C15H23N3O3S.ClH/c1-2-10-22(20,21)17-14-8-4-3-7-13(14)15(19)18-9-5-6-12(16)11-18;/h3-4,7-8,12,17H,2,5-6,9-11,16H2,1H3;1H. The summed E-state index contributed by atoms with van der Waals surface area (Å²) in [4.78, 5) is 14.3. The number of likely N-dealkylation sites (tertiary alicyclic amines) is 1. The van der Waals surface area contributed by atoms with E-state index in [4.69, 9.17) is 5.73 Å². The molecule has 1 fully saturated rings. The fourth-order valence-corrected chi connectivity index (χ4v) is 3.76. The van der Waals surface area contributed by atoms with E-state index in [0.717, 1.165) is 12.8 Å². The van der Waals surface area contributed by atoms with Gasteiger partial charge in [-0.3, -0.25) is 9.52 Å². The van der Waals surface area contributed by atoms with Gasteiger partial charge in [0.05, 0.1) is 17.0 Å². The monoisotopic (exact) mass is 361 g/mol. The Bertz CT molecular complexity index is 637. The highest BCUT2D eigenvalue weighted by Gasteiger charge is 2.24. The van der Waals surface area contributed by atoms with Gasteiger partial charge >= 0.3 is 0 Å². The normalized spacial score (nSPS) is 18.2. The maximum atomic E-state index is 12.6. The summed E-state index contributed by atoms with van der Waals surface area (Å²) >= 11 is 0. The van der Waals surface area contributed by atoms with Gasteiger partial charge in [-0.1, -0.05) is 19.1 Å². The van der Waals surface area contributed by atoms with Crippen LogP contribution < -0.4 is 10.5 Å². The van der Waals surface area contributed by atoms with E-state index in [0.29, 0.717) is 30.8 Å². The fraction of sp³-hybridized carbons (Fsp3) is 0.533. The highest BCUT2D eigenvalue weighted by atomic mass is 35.5. The predicted octanol–water partition coefficient (Wildman–Crippen LogP) is 1.82. The first kappa shape index (κ1) is 19.7. The molecule has 6 nitrogen and oxygen atoms in total. The highest BCUT2D eigenvalue weighted by molar-refractivity contribution is 7.92. The molecule has 0 spiro atoms. The minimum absolute atomic E-state index is 0. The average molecular weight is 362 g/mol. The van der Waals surface area contributed by atoms with E-state index in [9.17, 15) is 13.2 Å². The lowest BCUT2D eigenvalue weighted by Gasteiger charge is -2.31. The van der Waals surface area contributed by atoms with E-state index in [1.54, 1.807) is 36.1 Å². The number of halogens is 1. The molecule has 0 saturated carbocycles. The van der Waals surface area contributed by atoms with Crippen molar-refractivity contribution in [2.24, 2.45) is 5.73 Å². The van der Waals surface area contributed by atoms with Crippen LogP contribution in [0.3, 0.4) is 0 Å². The number of nitrogens with zero attached hydrogens (tertiary/aromatic N) is 1. The van der Waals surface area contributed by atoms with Crippen molar-refractivity contribution >= 4 is 34.0 Å². The largest absolute Gasteiger partial charge is 0.337 e. The molecule has 3 N–H and O–H groups in total. The molecule has 1 aromatic rings. The predicted molar refractivity (Wildman–Crippen MR) is 94.5 cm³/mol. The van der Waals surface area contributed by atoms with Gasteiger partial charge in [0.2, 0.25) is 10.0 Å². The zero-order chi connectivity index (χ0) is 16.2. The zero-order valence-electron chi connectivity index (χ0n) is 13.2. The van der Waals surface area contributed by atoms with Crippen LogP contribution in [0.2, 0.25) is 0 Å². The third kappa shape index (κ3) is 5.37. The van der Waals surface area contributed by atoms with Crippen LogP contribution in [0.4, 0.5) is 5.69 Å². The molecule has 0 bridgehead atoms. The summed E-state index contributed by atoms with van der Waals surface area (Å²) < 4.78 is 26.4. The lowest BCUT2D eigenvalue weighted by atomic mass is 10.0. The number of amides is 1. The van der Waals surface area contributed by atoms with Crippen LogP contribution in [-0.2, 0) is 10.0 Å². The topological polar surface area (TPSA) is 92.5 Å². The van der Waals surface area contributed by atoms with Gasteiger partial charge in [-0.05, 0) is 31.4 Å². The Morgan fingerprint density at radius 2 is 2.09 bits per heavy atom. The smallest absolute Gasteiger partial charge is 0.256 e. The van der Waals surface area contributed by atoms with Crippen molar-refractivity contribution in [1.29, 1.82) is 0 Å². The van der Waals surface area contributed by atoms with Crippen molar-refractivity contribution in [2.75, 3.05) is 23.6 Å². The third-order valence-corrected chi connectivity index (χ3v) is 5.12. The highest BCUT2D eigenvalue weighted by Crippen LogP contribution is 2.21. The molecule has 1 aliphatic heterocycles. The fourth-order valence-electron chi connectivity index (χ4n) is 2.61. The number of rotatable bonds is 5. The van der Waals surface area contributed by atoms with E-state index in [2.05, 4.69) is 4.72 Å². The van der Waals surface area contributed by atoms with Crippen LogP contribution in [0.1, 0.15) is 36.5 Å². The molecule has 23 heavy (non-hydrogen) atoms. The number of sulfonamides is 1. The van der Waals surface area contributed by atoms with E-state index in [1.807, 2.05) is 0 Å². The molecule has 130 valence electrons. The van der Waals surface area contributed by atoms with Gasteiger partial charge in [0.25, 0.3) is 5.91 Å². The Kier molecular flexibility index (Phi) is 7.31. The van der Waals surface area contributed by atoms with Gasteiger partial charge in [0.15, 0.2) is 0 Å². The summed E-state index contributed by atoms with van der Waals surface area (Å²) in [5.41, 5.74) is 6.62. The van der Waals surface area contributed by atoms with Crippen LogP contribution in [0, 0.1) is 0 Å². The molecule has 2 rings (SSSR count). The van der Waals surface area contributed by atoms with Gasteiger partial charge in [-0.2, -0.15) is 0 Å². The number of piperidine rings is 1. The number of benzene rings is 1. The maximum absolute atomic E-state index is 12.6. The van der Waals surface area contributed by atoms with Gasteiger partial charge < -0.3 is 10.6 Å². The summed E-state index contributed by atoms with van der Waals surface area (Å²) in [6.45, 7) is 2.96. The number of para-hydroxylation sites is 1. The summed E-state index contributed by atoms with van der Waals surface area (Å²) in [7, 11) is -3.43. The number of carbonyl (C=O) groups excluding carboxylic acids is 1. The number of hydrogen-bond donors (Lipinski definition) is 2. The Balaban J connectivity index is 0.00000264. The number of carbonyl (C=O) groups is 1. The molecular formula is C15H24ClN3O3S. The van der Waals surface area contributed by atoms with Gasteiger partial charge in [0, 0.05) is 19.1 Å². The SMILES string of the molecule is CCCS(=O)(=O)Nc1ccccc1C(=O)N1CCCC(N)C1.Cl. The lowest BCUT2D eigenvalue weighted by Crippen LogP contribution is -2.45. The second kappa shape index (κ2) is 8.52. The minimum Gasteiger partial charge on any atom is -0.337 e. The van der Waals surface area contributed by atoms with Crippen LogP contribution in [-0.4, -0.2) is 44.1 Å². The van der Waals surface area contributed by atoms with Crippen molar-refractivity contribution in [1.82, 2.24) is 4.90 Å². The second-order valence-electron chi connectivity index (χ2n) is 5.62. The Labute approximate surface area is 143 Å². The Morgan fingerprint density at radius 3 is 2.74 bits per heavy atom. The second-order valence-corrected chi connectivity index (χ2v) is 7.46. The molecule has 1 atom stereocenters. The Hall–Kier alpha value is -1.31. The first-order valence-electron chi connectivity index (χ1n) is 7.57. The van der Waals surface area contributed by atoms with Crippen molar-refractivity contribution in [3.05, 3.63) is 29.8 Å². The molecule has 8 heteroatoms. The number of nitrogens with one attached hydrogen (secondary N) is 1. The molecule has 1 amide bonds. The molecule has 1 aliphatic rings. The quantitative estimate of drug-likeness (QED) is 0.836. The lowest BCUT2D eigenvalue weighted by molar-refractivity contribution is 0.0710. The average Bonchev–Trinajstić information content (AvgIpc) is 2.46. The van der Waals surface area contributed by atoms with Crippen LogP contribution in [0.5, 0.6) is 0 Å². The van der Waals surface area contributed by atoms with E-state index in [-0.39, 0.29) is 30.1 Å². The molecule has 0 radical (unpaired) electrons. The summed E-state index contributed by atoms with van der Waals surface area (Å²) in [6, 6.07) is 6.69. The summed E-state index contributed by atoms with van der Waals surface area (Å²) in [6.07, 6.45) is 2.30. The first-order chi connectivity index (χ1) is 10.4. The molecule has 1 heterocycles. The number of hydrogen-bond acceptors (Lipinski definition) is 4. The van der Waals surface area contributed by atoms with Crippen molar-refractivity contribution in [3.63, 3.8) is 0 Å². The van der Waals surface area contributed by atoms with Crippen molar-refractivity contribution < 1.29 is 13.2 Å². The molecule has 0 aromatic heterocycles. The van der Waals surface area contributed by atoms with Crippen LogP contribution in [0.25, 0.3) is 0 Å². The zero-order valence-corrected chi connectivity index (χ0v) is 14.8. The molecular weight excluding hydrogens is 338 g/mol. The van der Waals surface area contributed by atoms with Gasteiger partial charge in [-0.25, -0.2) is 8.42 Å². The first-order valence-corrected chi connectivity index (χ1v) is 9.22. The summed E-state index contributed by atoms with van der Waals surface area (Å²) in [5.74, 6) is -0.144. The van der Waals surface area contributed by atoms with E-state index >= 15 is 0 Å². The molecule has 1 saturated heterocycles.